The van der Waals surface area contributed by atoms with E-state index in [2.05, 4.69) is 15.9 Å². The third kappa shape index (κ3) is 4.24. The monoisotopic (exact) mass is 432 g/mol. The summed E-state index contributed by atoms with van der Waals surface area (Å²) in [6.45, 7) is 1.95. The van der Waals surface area contributed by atoms with Crippen LogP contribution in [0.2, 0.25) is 0 Å². The van der Waals surface area contributed by atoms with Crippen molar-refractivity contribution < 1.29 is 19.1 Å². The average molecular weight is 433 g/mol. The second kappa shape index (κ2) is 8.43. The van der Waals surface area contributed by atoms with Gasteiger partial charge in [-0.2, -0.15) is 0 Å². The van der Waals surface area contributed by atoms with Crippen molar-refractivity contribution in [1.29, 1.82) is 0 Å². The van der Waals surface area contributed by atoms with Crippen LogP contribution in [0.3, 0.4) is 0 Å². The SMILES string of the molecule is COc1cc(OC)cc(C(=O)N2CCN(C(=O)c3ccccc3Br)CC2)c1. The zero-order chi connectivity index (χ0) is 19.4. The van der Waals surface area contributed by atoms with E-state index in [4.69, 9.17) is 9.47 Å². The van der Waals surface area contributed by atoms with E-state index in [1.54, 1.807) is 48.3 Å². The van der Waals surface area contributed by atoms with E-state index in [1.165, 1.54) is 0 Å². The highest BCUT2D eigenvalue weighted by atomic mass is 79.9. The van der Waals surface area contributed by atoms with Crippen molar-refractivity contribution in [3.05, 3.63) is 58.1 Å². The highest BCUT2D eigenvalue weighted by Crippen LogP contribution is 2.24. The number of rotatable bonds is 4. The summed E-state index contributed by atoms with van der Waals surface area (Å²) < 4.78 is 11.2. The summed E-state index contributed by atoms with van der Waals surface area (Å²) in [7, 11) is 3.10. The summed E-state index contributed by atoms with van der Waals surface area (Å²) >= 11 is 3.42. The van der Waals surface area contributed by atoms with Gasteiger partial charge in [-0.25, -0.2) is 0 Å². The van der Waals surface area contributed by atoms with Gasteiger partial charge in [-0.05, 0) is 40.2 Å². The number of hydrogen-bond acceptors (Lipinski definition) is 4. The zero-order valence-corrected chi connectivity index (χ0v) is 16.9. The molecule has 0 aromatic heterocycles. The van der Waals surface area contributed by atoms with E-state index in [0.29, 0.717) is 48.8 Å². The lowest BCUT2D eigenvalue weighted by Gasteiger charge is -2.35. The Kier molecular flexibility index (Phi) is 6.01. The maximum Gasteiger partial charge on any atom is 0.255 e. The standard InChI is InChI=1S/C20H21BrN2O4/c1-26-15-11-14(12-16(13-15)27-2)19(24)22-7-9-23(10-8-22)20(25)17-5-3-4-6-18(17)21/h3-6,11-13H,7-10H2,1-2H3. The summed E-state index contributed by atoms with van der Waals surface area (Å²) in [6.07, 6.45) is 0. The Morgan fingerprint density at radius 2 is 1.37 bits per heavy atom. The lowest BCUT2D eigenvalue weighted by atomic mass is 10.1. The van der Waals surface area contributed by atoms with Crippen molar-refractivity contribution in [2.24, 2.45) is 0 Å². The molecule has 2 aromatic carbocycles. The van der Waals surface area contributed by atoms with Crippen LogP contribution in [0.15, 0.2) is 46.9 Å². The Morgan fingerprint density at radius 3 is 1.89 bits per heavy atom. The maximum absolute atomic E-state index is 12.8. The third-order valence-electron chi connectivity index (χ3n) is 4.56. The van der Waals surface area contributed by atoms with Crippen LogP contribution in [0.1, 0.15) is 20.7 Å². The van der Waals surface area contributed by atoms with Crippen LogP contribution in [0.4, 0.5) is 0 Å². The van der Waals surface area contributed by atoms with Crippen LogP contribution in [-0.2, 0) is 0 Å². The van der Waals surface area contributed by atoms with Crippen molar-refractivity contribution in [2.75, 3.05) is 40.4 Å². The second-order valence-corrected chi connectivity index (χ2v) is 7.02. The number of ether oxygens (including phenoxy) is 2. The number of amides is 2. The van der Waals surface area contributed by atoms with Gasteiger partial charge in [0.25, 0.3) is 11.8 Å². The van der Waals surface area contributed by atoms with Crippen LogP contribution < -0.4 is 9.47 Å². The lowest BCUT2D eigenvalue weighted by molar-refractivity contribution is 0.0534. The van der Waals surface area contributed by atoms with Gasteiger partial charge in [0, 0.05) is 42.3 Å². The fraction of sp³-hybridized carbons (Fsp3) is 0.300. The third-order valence-corrected chi connectivity index (χ3v) is 5.25. The minimum atomic E-state index is -0.0970. The summed E-state index contributed by atoms with van der Waals surface area (Å²) in [4.78, 5) is 29.1. The molecule has 142 valence electrons. The van der Waals surface area contributed by atoms with Crippen LogP contribution in [0.5, 0.6) is 11.5 Å². The van der Waals surface area contributed by atoms with Crippen molar-refractivity contribution >= 4 is 27.7 Å². The summed E-state index contributed by atoms with van der Waals surface area (Å²) in [5, 5.41) is 0. The first-order chi connectivity index (χ1) is 13.0. The molecule has 0 bridgehead atoms. The molecule has 1 saturated heterocycles. The topological polar surface area (TPSA) is 59.1 Å². The molecule has 2 amide bonds. The molecule has 27 heavy (non-hydrogen) atoms. The van der Waals surface area contributed by atoms with Gasteiger partial charge >= 0.3 is 0 Å². The van der Waals surface area contributed by atoms with Gasteiger partial charge in [-0.15, -0.1) is 0 Å². The Labute approximate surface area is 166 Å². The zero-order valence-electron chi connectivity index (χ0n) is 15.3. The van der Waals surface area contributed by atoms with E-state index >= 15 is 0 Å². The smallest absolute Gasteiger partial charge is 0.255 e. The van der Waals surface area contributed by atoms with E-state index in [9.17, 15) is 9.59 Å². The first kappa shape index (κ1) is 19.2. The highest BCUT2D eigenvalue weighted by Gasteiger charge is 2.26. The molecule has 0 atom stereocenters. The molecule has 0 N–H and O–H groups in total. The summed E-state index contributed by atoms with van der Waals surface area (Å²) in [5.74, 6) is 1.01. The number of nitrogens with zero attached hydrogens (tertiary/aromatic N) is 2. The van der Waals surface area contributed by atoms with E-state index in [-0.39, 0.29) is 11.8 Å². The summed E-state index contributed by atoms with van der Waals surface area (Å²) in [6, 6.07) is 12.5. The molecule has 2 aromatic rings. The normalized spacial score (nSPS) is 14.0. The average Bonchev–Trinajstić information content (AvgIpc) is 2.72. The van der Waals surface area contributed by atoms with E-state index < -0.39 is 0 Å². The van der Waals surface area contributed by atoms with Gasteiger partial charge in [-0.1, -0.05) is 12.1 Å². The number of hydrogen-bond donors (Lipinski definition) is 0. The molecule has 3 rings (SSSR count). The van der Waals surface area contributed by atoms with Gasteiger partial charge in [-0.3, -0.25) is 9.59 Å². The van der Waals surface area contributed by atoms with Crippen molar-refractivity contribution in [3.63, 3.8) is 0 Å². The minimum Gasteiger partial charge on any atom is -0.497 e. The van der Waals surface area contributed by atoms with E-state index in [0.717, 1.165) is 4.47 Å². The first-order valence-electron chi connectivity index (χ1n) is 8.59. The molecule has 1 fully saturated rings. The molecule has 1 heterocycles. The Hall–Kier alpha value is -2.54. The van der Waals surface area contributed by atoms with Crippen LogP contribution in [0, 0.1) is 0 Å². The molecule has 7 heteroatoms. The molecular weight excluding hydrogens is 412 g/mol. The molecule has 0 spiro atoms. The molecule has 0 radical (unpaired) electrons. The molecule has 1 aliphatic heterocycles. The molecule has 0 saturated carbocycles. The molecule has 0 unspecified atom stereocenters. The summed E-state index contributed by atoms with van der Waals surface area (Å²) in [5.41, 5.74) is 1.14. The van der Waals surface area contributed by atoms with Crippen molar-refractivity contribution in [3.8, 4) is 11.5 Å². The maximum atomic E-state index is 12.8. The number of piperazine rings is 1. The first-order valence-corrected chi connectivity index (χ1v) is 9.39. The molecule has 0 aliphatic carbocycles. The number of methoxy groups -OCH3 is 2. The Morgan fingerprint density at radius 1 is 0.852 bits per heavy atom. The molecule has 6 nitrogen and oxygen atoms in total. The van der Waals surface area contributed by atoms with E-state index in [1.807, 2.05) is 18.2 Å². The predicted molar refractivity (Wildman–Crippen MR) is 105 cm³/mol. The number of benzene rings is 2. The second-order valence-electron chi connectivity index (χ2n) is 6.17. The van der Waals surface area contributed by atoms with Gasteiger partial charge in [0.1, 0.15) is 11.5 Å². The lowest BCUT2D eigenvalue weighted by Crippen LogP contribution is -2.50. The minimum absolute atomic E-state index is 0.0300. The largest absolute Gasteiger partial charge is 0.497 e. The fourth-order valence-corrected chi connectivity index (χ4v) is 3.49. The van der Waals surface area contributed by atoms with Crippen molar-refractivity contribution in [1.82, 2.24) is 9.80 Å². The van der Waals surface area contributed by atoms with Gasteiger partial charge < -0.3 is 19.3 Å². The number of carbonyl (C=O) groups is 2. The Balaban J connectivity index is 1.68. The predicted octanol–water partition coefficient (Wildman–Crippen LogP) is 3.06. The quantitative estimate of drug-likeness (QED) is 0.744. The molecular formula is C20H21BrN2O4. The van der Waals surface area contributed by atoms with Crippen LogP contribution in [-0.4, -0.2) is 62.0 Å². The van der Waals surface area contributed by atoms with Gasteiger partial charge in [0.05, 0.1) is 19.8 Å². The Bertz CT molecular complexity index is 825. The van der Waals surface area contributed by atoms with Gasteiger partial charge in [0.15, 0.2) is 0 Å². The van der Waals surface area contributed by atoms with Crippen LogP contribution in [0.25, 0.3) is 0 Å². The van der Waals surface area contributed by atoms with Crippen molar-refractivity contribution in [2.45, 2.75) is 0 Å². The highest BCUT2D eigenvalue weighted by molar-refractivity contribution is 9.10. The fourth-order valence-electron chi connectivity index (χ4n) is 3.03. The number of carbonyl (C=O) groups excluding carboxylic acids is 2. The van der Waals surface area contributed by atoms with Gasteiger partial charge in [0.2, 0.25) is 0 Å². The number of halogens is 1. The van der Waals surface area contributed by atoms with Crippen LogP contribution >= 0.6 is 15.9 Å². The molecule has 1 aliphatic rings.